The third-order valence-corrected chi connectivity index (χ3v) is 7.41. The number of benzene rings is 1. The van der Waals surface area contributed by atoms with Gasteiger partial charge in [-0.2, -0.15) is 12.7 Å². The molecular weight excluding hydrogens is 384 g/mol. The maximum atomic E-state index is 13.4. The van der Waals surface area contributed by atoms with Crippen molar-refractivity contribution in [2.75, 3.05) is 26.7 Å². The molecule has 1 saturated heterocycles. The Morgan fingerprint density at radius 3 is 2.37 bits per heavy atom. The molecule has 1 aliphatic heterocycles. The maximum Gasteiger partial charge on any atom is 0.295 e. The average molecular weight is 409 g/mol. The highest BCUT2D eigenvalue weighted by Gasteiger charge is 2.47. The van der Waals surface area contributed by atoms with Crippen LogP contribution in [0.25, 0.3) is 0 Å². The first kappa shape index (κ1) is 20.2. The maximum absolute atomic E-state index is 13.4. The van der Waals surface area contributed by atoms with Crippen LogP contribution in [0.1, 0.15) is 36.9 Å². The number of pyridine rings is 1. The number of hydrazine groups is 1. The number of hydrogen-bond acceptors (Lipinski definition) is 4. The van der Waals surface area contributed by atoms with Gasteiger partial charge < -0.3 is 0 Å². The summed E-state index contributed by atoms with van der Waals surface area (Å²) >= 11 is 6.06. The third-order valence-electron chi connectivity index (χ3n) is 5.01. The molecular formula is C19H25ClN4O2S. The quantitative estimate of drug-likeness (QED) is 0.735. The lowest BCUT2D eigenvalue weighted by atomic mass is 9.89. The fourth-order valence-corrected chi connectivity index (χ4v) is 5.71. The first-order valence-corrected chi connectivity index (χ1v) is 10.8. The molecule has 3 rings (SSSR count). The Morgan fingerprint density at radius 1 is 1.15 bits per heavy atom. The van der Waals surface area contributed by atoms with Gasteiger partial charge in [-0.05, 0) is 29.3 Å². The van der Waals surface area contributed by atoms with Gasteiger partial charge in [0.2, 0.25) is 0 Å². The highest BCUT2D eigenvalue weighted by molar-refractivity contribution is 7.86. The van der Waals surface area contributed by atoms with Gasteiger partial charge in [-0.1, -0.05) is 43.6 Å². The molecule has 0 spiro atoms. The Kier molecular flexibility index (Phi) is 6.18. The molecule has 1 fully saturated rings. The molecule has 2 unspecified atom stereocenters. The predicted octanol–water partition coefficient (Wildman–Crippen LogP) is 3.31. The Bertz CT molecular complexity index is 857. The lowest BCUT2D eigenvalue weighted by Gasteiger charge is -2.34. The minimum atomic E-state index is -3.66. The molecule has 146 valence electrons. The van der Waals surface area contributed by atoms with Gasteiger partial charge in [0.15, 0.2) is 0 Å². The van der Waals surface area contributed by atoms with E-state index in [-0.39, 0.29) is 12.0 Å². The summed E-state index contributed by atoms with van der Waals surface area (Å²) in [6.45, 7) is 5.14. The summed E-state index contributed by atoms with van der Waals surface area (Å²) in [5, 5.41) is 2.42. The highest BCUT2D eigenvalue weighted by atomic mass is 35.5. The summed E-state index contributed by atoms with van der Waals surface area (Å²) in [6.07, 6.45) is 3.54. The Balaban J connectivity index is 2.12. The molecule has 2 atom stereocenters. The fourth-order valence-electron chi connectivity index (χ4n) is 3.72. The standard InChI is InChI=1S/C19H25ClN4O2S/c1-4-23(5-2)27(25,26)24-19(15-8-10-17(20)11-9-15)18(14-22(24)3)16-7-6-12-21-13-16/h6-13,18-19H,4-5,14H2,1-3H3. The van der Waals surface area contributed by atoms with Gasteiger partial charge in [-0.25, -0.2) is 5.01 Å². The fraction of sp³-hybridized carbons (Fsp3) is 0.421. The van der Waals surface area contributed by atoms with Crippen LogP contribution in [0.3, 0.4) is 0 Å². The van der Waals surface area contributed by atoms with Crippen LogP contribution >= 0.6 is 11.6 Å². The topological polar surface area (TPSA) is 56.8 Å². The summed E-state index contributed by atoms with van der Waals surface area (Å²) in [5.41, 5.74) is 1.93. The molecule has 1 aliphatic rings. The minimum absolute atomic E-state index is 0.0322. The SMILES string of the molecule is CCN(CC)S(=O)(=O)N1C(c2ccc(Cl)cc2)C(c2cccnc2)CN1C. The van der Waals surface area contributed by atoms with Crippen molar-refractivity contribution in [2.24, 2.45) is 0 Å². The van der Waals surface area contributed by atoms with Gasteiger partial charge in [-0.15, -0.1) is 4.41 Å². The van der Waals surface area contributed by atoms with Gasteiger partial charge in [-0.3, -0.25) is 4.98 Å². The predicted molar refractivity (Wildman–Crippen MR) is 107 cm³/mol. The molecule has 0 aliphatic carbocycles. The zero-order valence-corrected chi connectivity index (χ0v) is 17.4. The van der Waals surface area contributed by atoms with Crippen molar-refractivity contribution in [3.8, 4) is 0 Å². The van der Waals surface area contributed by atoms with E-state index in [0.29, 0.717) is 24.7 Å². The first-order valence-electron chi connectivity index (χ1n) is 9.06. The first-order chi connectivity index (χ1) is 12.9. The van der Waals surface area contributed by atoms with E-state index >= 15 is 0 Å². The molecule has 0 radical (unpaired) electrons. The van der Waals surface area contributed by atoms with Crippen LogP contribution in [0.2, 0.25) is 5.02 Å². The van der Waals surface area contributed by atoms with E-state index in [1.165, 1.54) is 8.72 Å². The molecule has 2 heterocycles. The van der Waals surface area contributed by atoms with E-state index < -0.39 is 10.2 Å². The van der Waals surface area contributed by atoms with Crippen LogP contribution in [0, 0.1) is 0 Å². The van der Waals surface area contributed by atoms with Crippen LogP contribution in [0.5, 0.6) is 0 Å². The Hall–Kier alpha value is -1.51. The Labute approximate surface area is 166 Å². The molecule has 0 bridgehead atoms. The number of halogens is 1. The monoisotopic (exact) mass is 408 g/mol. The summed E-state index contributed by atoms with van der Waals surface area (Å²) < 4.78 is 29.8. The van der Waals surface area contributed by atoms with Crippen molar-refractivity contribution in [1.82, 2.24) is 18.7 Å². The normalized spacial score (nSPS) is 21.8. The zero-order valence-electron chi connectivity index (χ0n) is 15.8. The zero-order chi connectivity index (χ0) is 19.6. The number of hydrogen-bond donors (Lipinski definition) is 0. The van der Waals surface area contributed by atoms with Gasteiger partial charge in [0.25, 0.3) is 10.2 Å². The van der Waals surface area contributed by atoms with Crippen molar-refractivity contribution < 1.29 is 8.42 Å². The van der Waals surface area contributed by atoms with Gasteiger partial charge in [0.05, 0.1) is 6.04 Å². The third kappa shape index (κ3) is 3.88. The smallest absolute Gasteiger partial charge is 0.264 e. The molecule has 0 saturated carbocycles. The molecule has 0 N–H and O–H groups in total. The van der Waals surface area contributed by atoms with E-state index in [1.807, 2.05) is 51.4 Å². The van der Waals surface area contributed by atoms with Crippen molar-refractivity contribution in [3.05, 3.63) is 64.9 Å². The molecule has 27 heavy (non-hydrogen) atoms. The molecule has 1 aromatic carbocycles. The summed E-state index contributed by atoms with van der Waals surface area (Å²) in [6, 6.07) is 10.9. The molecule has 1 aromatic heterocycles. The van der Waals surface area contributed by atoms with Crippen molar-refractivity contribution >= 4 is 21.8 Å². The summed E-state index contributed by atoms with van der Waals surface area (Å²) in [4.78, 5) is 4.23. The second kappa shape index (κ2) is 8.24. The largest absolute Gasteiger partial charge is 0.295 e. The minimum Gasteiger partial charge on any atom is -0.264 e. The number of aromatic nitrogens is 1. The van der Waals surface area contributed by atoms with Crippen LogP contribution in [0.4, 0.5) is 0 Å². The van der Waals surface area contributed by atoms with Gasteiger partial charge in [0, 0.05) is 50.0 Å². The van der Waals surface area contributed by atoms with Crippen LogP contribution in [-0.4, -0.2) is 53.8 Å². The number of rotatable bonds is 6. The van der Waals surface area contributed by atoms with Crippen LogP contribution in [0.15, 0.2) is 48.8 Å². The number of nitrogens with zero attached hydrogens (tertiary/aromatic N) is 4. The molecule has 2 aromatic rings. The van der Waals surface area contributed by atoms with E-state index in [9.17, 15) is 8.42 Å². The number of likely N-dealkylation sites (N-methyl/N-ethyl adjacent to an activating group) is 1. The van der Waals surface area contributed by atoms with Gasteiger partial charge in [0.1, 0.15) is 0 Å². The molecule has 0 amide bonds. The highest BCUT2D eigenvalue weighted by Crippen LogP contribution is 2.44. The van der Waals surface area contributed by atoms with E-state index in [4.69, 9.17) is 11.6 Å². The summed E-state index contributed by atoms with van der Waals surface area (Å²) in [5.74, 6) is -0.0322. The summed E-state index contributed by atoms with van der Waals surface area (Å²) in [7, 11) is -1.84. The Morgan fingerprint density at radius 2 is 1.81 bits per heavy atom. The van der Waals surface area contributed by atoms with Crippen LogP contribution in [-0.2, 0) is 10.2 Å². The van der Waals surface area contributed by atoms with Crippen molar-refractivity contribution in [3.63, 3.8) is 0 Å². The van der Waals surface area contributed by atoms with Crippen molar-refractivity contribution in [2.45, 2.75) is 25.8 Å². The lowest BCUT2D eigenvalue weighted by Crippen LogP contribution is -2.48. The second-order valence-corrected chi connectivity index (χ2v) is 8.82. The average Bonchev–Trinajstić information content (AvgIpc) is 3.02. The molecule has 8 heteroatoms. The van der Waals surface area contributed by atoms with E-state index in [1.54, 1.807) is 23.3 Å². The van der Waals surface area contributed by atoms with E-state index in [2.05, 4.69) is 4.98 Å². The second-order valence-electron chi connectivity index (χ2n) is 6.59. The van der Waals surface area contributed by atoms with Crippen molar-refractivity contribution in [1.29, 1.82) is 0 Å². The van der Waals surface area contributed by atoms with Gasteiger partial charge >= 0.3 is 0 Å². The van der Waals surface area contributed by atoms with E-state index in [0.717, 1.165) is 11.1 Å². The lowest BCUT2D eigenvalue weighted by molar-refractivity contribution is 0.114. The van der Waals surface area contributed by atoms with Crippen LogP contribution < -0.4 is 0 Å². The molecule has 6 nitrogen and oxygen atoms in total.